The molecule has 4 nitrogen and oxygen atoms in total. The van der Waals surface area contributed by atoms with Crippen molar-refractivity contribution >= 4 is 5.91 Å². The minimum atomic E-state index is -0.0718. The first kappa shape index (κ1) is 15.7. The summed E-state index contributed by atoms with van der Waals surface area (Å²) in [7, 11) is 3.67. The van der Waals surface area contributed by atoms with Crippen LogP contribution in [0.1, 0.15) is 27.0 Å². The number of carbonyl (C=O) groups excluding carboxylic acids is 1. The third kappa shape index (κ3) is 4.18. The minimum absolute atomic E-state index is 0.0718. The van der Waals surface area contributed by atoms with Crippen LogP contribution in [-0.4, -0.2) is 24.9 Å². The van der Waals surface area contributed by atoms with E-state index in [2.05, 4.69) is 16.3 Å². The Balaban J connectivity index is 1.95. The molecule has 1 amide bonds. The van der Waals surface area contributed by atoms with Gasteiger partial charge in [0.05, 0.1) is 11.6 Å². The Morgan fingerprint density at radius 2 is 1.55 bits per heavy atom. The second-order valence-corrected chi connectivity index (χ2v) is 5.26. The normalized spacial score (nSPS) is 10.3. The summed E-state index contributed by atoms with van der Waals surface area (Å²) in [5.74, 6) is -0.0718. The van der Waals surface area contributed by atoms with E-state index < -0.39 is 0 Å². The van der Waals surface area contributed by atoms with Crippen LogP contribution >= 0.6 is 0 Å². The summed E-state index contributed by atoms with van der Waals surface area (Å²) in [4.78, 5) is 13.7. The molecule has 22 heavy (non-hydrogen) atoms. The number of amides is 1. The first-order valence-corrected chi connectivity index (χ1v) is 7.11. The second-order valence-electron chi connectivity index (χ2n) is 5.26. The number of nitrogens with zero attached hydrogens (tertiary/aromatic N) is 2. The van der Waals surface area contributed by atoms with Gasteiger partial charge in [0.25, 0.3) is 5.91 Å². The fraction of sp³-hybridized carbons (Fsp3) is 0.222. The van der Waals surface area contributed by atoms with Crippen LogP contribution in [0.4, 0.5) is 0 Å². The predicted molar refractivity (Wildman–Crippen MR) is 86.2 cm³/mol. The molecule has 0 bridgehead atoms. The van der Waals surface area contributed by atoms with E-state index in [-0.39, 0.29) is 5.91 Å². The molecule has 2 rings (SSSR count). The quantitative estimate of drug-likeness (QED) is 0.921. The van der Waals surface area contributed by atoms with Crippen LogP contribution in [0.15, 0.2) is 48.5 Å². The van der Waals surface area contributed by atoms with Gasteiger partial charge in [-0.3, -0.25) is 9.69 Å². The molecule has 0 aliphatic rings. The average Bonchev–Trinajstić information content (AvgIpc) is 2.55. The number of rotatable bonds is 5. The molecule has 0 fully saturated rings. The topological polar surface area (TPSA) is 56.1 Å². The Bertz CT molecular complexity index is 669. The zero-order valence-electron chi connectivity index (χ0n) is 12.8. The van der Waals surface area contributed by atoms with Crippen LogP contribution < -0.4 is 5.32 Å². The van der Waals surface area contributed by atoms with Crippen molar-refractivity contribution < 1.29 is 4.79 Å². The van der Waals surface area contributed by atoms with E-state index in [9.17, 15) is 4.79 Å². The smallest absolute Gasteiger partial charge is 0.251 e. The van der Waals surface area contributed by atoms with Crippen molar-refractivity contribution in [1.82, 2.24) is 10.2 Å². The summed E-state index contributed by atoms with van der Waals surface area (Å²) in [6.45, 7) is 1.61. The largest absolute Gasteiger partial charge is 0.355 e. The lowest BCUT2D eigenvalue weighted by Gasteiger charge is -2.17. The molecular formula is C18H19N3O. The minimum Gasteiger partial charge on any atom is -0.355 e. The lowest BCUT2D eigenvalue weighted by molar-refractivity contribution is 0.0963. The van der Waals surface area contributed by atoms with Gasteiger partial charge in [0, 0.05) is 25.7 Å². The summed E-state index contributed by atoms with van der Waals surface area (Å²) in [5.41, 5.74) is 3.67. The van der Waals surface area contributed by atoms with Crippen LogP contribution in [0.3, 0.4) is 0 Å². The van der Waals surface area contributed by atoms with E-state index in [0.29, 0.717) is 11.1 Å². The van der Waals surface area contributed by atoms with Gasteiger partial charge >= 0.3 is 0 Å². The predicted octanol–water partition coefficient (Wildman–Crippen LogP) is 2.55. The Morgan fingerprint density at radius 3 is 2.00 bits per heavy atom. The Kier molecular flexibility index (Phi) is 5.29. The molecule has 2 aromatic carbocycles. The Labute approximate surface area is 131 Å². The second kappa shape index (κ2) is 7.39. The Hall–Kier alpha value is -2.64. The van der Waals surface area contributed by atoms with Crippen molar-refractivity contribution in [3.05, 3.63) is 70.8 Å². The van der Waals surface area contributed by atoms with Gasteiger partial charge in [-0.15, -0.1) is 0 Å². The Morgan fingerprint density at radius 1 is 1.05 bits per heavy atom. The molecule has 0 saturated heterocycles. The molecule has 4 heteroatoms. The van der Waals surface area contributed by atoms with Crippen LogP contribution in [0.25, 0.3) is 0 Å². The summed E-state index contributed by atoms with van der Waals surface area (Å²) in [6.07, 6.45) is 0. The molecule has 1 N–H and O–H groups in total. The first-order valence-electron chi connectivity index (χ1n) is 7.11. The highest BCUT2D eigenvalue weighted by molar-refractivity contribution is 5.93. The van der Waals surface area contributed by atoms with Gasteiger partial charge in [-0.05, 0) is 42.4 Å². The molecule has 0 aromatic heterocycles. The third-order valence-electron chi connectivity index (χ3n) is 3.43. The van der Waals surface area contributed by atoms with Gasteiger partial charge in [0.2, 0.25) is 0 Å². The lowest BCUT2D eigenvalue weighted by atomic mass is 10.1. The number of carbonyl (C=O) groups is 1. The number of hydrogen-bond acceptors (Lipinski definition) is 3. The van der Waals surface area contributed by atoms with E-state index in [0.717, 1.165) is 18.7 Å². The molecule has 0 atom stereocenters. The van der Waals surface area contributed by atoms with Crippen LogP contribution in [0.5, 0.6) is 0 Å². The van der Waals surface area contributed by atoms with Crippen molar-refractivity contribution in [3.8, 4) is 6.07 Å². The van der Waals surface area contributed by atoms with Crippen LogP contribution in [0, 0.1) is 11.3 Å². The van der Waals surface area contributed by atoms with Crippen LogP contribution in [0.2, 0.25) is 0 Å². The molecule has 0 heterocycles. The van der Waals surface area contributed by atoms with E-state index in [1.165, 1.54) is 5.56 Å². The fourth-order valence-electron chi connectivity index (χ4n) is 2.27. The molecule has 0 radical (unpaired) electrons. The van der Waals surface area contributed by atoms with Gasteiger partial charge in [-0.2, -0.15) is 5.26 Å². The molecule has 0 spiro atoms. The summed E-state index contributed by atoms with van der Waals surface area (Å²) in [5, 5.41) is 11.4. The standard InChI is InChI=1S/C18H19N3O/c1-20-18(22)17-9-7-16(8-10-17)13-21(2)12-15-5-3-14(11-19)4-6-15/h3-10H,12-13H2,1-2H3,(H,20,22). The van der Waals surface area contributed by atoms with Crippen molar-refractivity contribution in [2.75, 3.05) is 14.1 Å². The maximum Gasteiger partial charge on any atom is 0.251 e. The molecule has 0 aliphatic carbocycles. The SMILES string of the molecule is CNC(=O)c1ccc(CN(C)Cc2ccc(C#N)cc2)cc1. The summed E-state index contributed by atoms with van der Waals surface area (Å²) < 4.78 is 0. The summed E-state index contributed by atoms with van der Waals surface area (Å²) in [6, 6.07) is 17.4. The number of hydrogen-bond donors (Lipinski definition) is 1. The first-order chi connectivity index (χ1) is 10.6. The van der Waals surface area contributed by atoms with Crippen molar-refractivity contribution in [2.45, 2.75) is 13.1 Å². The summed E-state index contributed by atoms with van der Waals surface area (Å²) >= 11 is 0. The average molecular weight is 293 g/mol. The number of benzene rings is 2. The van der Waals surface area contributed by atoms with Gasteiger partial charge in [-0.25, -0.2) is 0 Å². The lowest BCUT2D eigenvalue weighted by Crippen LogP contribution is -2.19. The molecule has 2 aromatic rings. The highest BCUT2D eigenvalue weighted by atomic mass is 16.1. The van der Waals surface area contributed by atoms with Gasteiger partial charge in [-0.1, -0.05) is 24.3 Å². The van der Waals surface area contributed by atoms with Gasteiger partial charge < -0.3 is 5.32 Å². The van der Waals surface area contributed by atoms with Gasteiger partial charge in [0.15, 0.2) is 0 Å². The monoisotopic (exact) mass is 293 g/mol. The fourth-order valence-corrected chi connectivity index (χ4v) is 2.27. The van der Waals surface area contributed by atoms with E-state index >= 15 is 0 Å². The zero-order valence-corrected chi connectivity index (χ0v) is 12.8. The third-order valence-corrected chi connectivity index (χ3v) is 3.43. The van der Waals surface area contributed by atoms with E-state index in [1.54, 1.807) is 7.05 Å². The zero-order chi connectivity index (χ0) is 15.9. The molecule has 0 aliphatic heterocycles. The van der Waals surface area contributed by atoms with Crippen LogP contribution in [-0.2, 0) is 13.1 Å². The van der Waals surface area contributed by atoms with Crippen molar-refractivity contribution in [1.29, 1.82) is 5.26 Å². The van der Waals surface area contributed by atoms with E-state index in [4.69, 9.17) is 5.26 Å². The van der Waals surface area contributed by atoms with E-state index in [1.807, 2.05) is 55.6 Å². The maximum absolute atomic E-state index is 11.5. The van der Waals surface area contributed by atoms with Crippen molar-refractivity contribution in [2.24, 2.45) is 0 Å². The highest BCUT2D eigenvalue weighted by Crippen LogP contribution is 2.10. The maximum atomic E-state index is 11.5. The molecular weight excluding hydrogens is 274 g/mol. The van der Waals surface area contributed by atoms with Gasteiger partial charge in [0.1, 0.15) is 0 Å². The molecule has 0 unspecified atom stereocenters. The molecule has 112 valence electrons. The number of nitriles is 1. The molecule has 0 saturated carbocycles. The van der Waals surface area contributed by atoms with Crippen molar-refractivity contribution in [3.63, 3.8) is 0 Å². The highest BCUT2D eigenvalue weighted by Gasteiger charge is 2.05. The number of nitrogens with one attached hydrogen (secondary N) is 1.